The number of aryl methyl sites for hydroxylation is 1. The Morgan fingerprint density at radius 1 is 1.33 bits per heavy atom. The van der Waals surface area contributed by atoms with Gasteiger partial charge in [0, 0.05) is 38.1 Å². The van der Waals surface area contributed by atoms with E-state index in [1.807, 2.05) is 6.20 Å². The number of aromatic nitrogens is 2. The lowest BCUT2D eigenvalue weighted by molar-refractivity contribution is 0.316. The Labute approximate surface area is 109 Å². The predicted molar refractivity (Wildman–Crippen MR) is 73.9 cm³/mol. The summed E-state index contributed by atoms with van der Waals surface area (Å²) < 4.78 is 2.24. The average Bonchev–Trinajstić information content (AvgIpc) is 3.10. The summed E-state index contributed by atoms with van der Waals surface area (Å²) in [6.07, 6.45) is 9.38. The molecule has 0 saturated carbocycles. The van der Waals surface area contributed by atoms with Crippen molar-refractivity contribution in [1.29, 1.82) is 0 Å². The standard InChI is InChI=1S/C14H24N4/c1-2-17-11-8-16-14(17)18-9-5-12(6-10-18)13-4-3-7-15-13/h8,11-13,15H,2-7,9-10H2,1H3. The van der Waals surface area contributed by atoms with E-state index >= 15 is 0 Å². The fourth-order valence-corrected chi connectivity index (χ4v) is 3.45. The summed E-state index contributed by atoms with van der Waals surface area (Å²) in [6.45, 7) is 6.75. The highest BCUT2D eigenvalue weighted by atomic mass is 15.3. The van der Waals surface area contributed by atoms with E-state index in [4.69, 9.17) is 0 Å². The Bertz CT molecular complexity index is 373. The average molecular weight is 248 g/mol. The molecule has 1 aromatic heterocycles. The second-order valence-electron chi connectivity index (χ2n) is 5.54. The Morgan fingerprint density at radius 3 is 2.83 bits per heavy atom. The van der Waals surface area contributed by atoms with E-state index in [0.29, 0.717) is 0 Å². The molecule has 1 N–H and O–H groups in total. The molecule has 1 unspecified atom stereocenters. The van der Waals surface area contributed by atoms with Gasteiger partial charge >= 0.3 is 0 Å². The van der Waals surface area contributed by atoms with Crippen LogP contribution >= 0.6 is 0 Å². The monoisotopic (exact) mass is 248 g/mol. The van der Waals surface area contributed by atoms with E-state index in [0.717, 1.165) is 24.5 Å². The number of rotatable bonds is 3. The lowest BCUT2D eigenvalue weighted by Gasteiger charge is -2.35. The van der Waals surface area contributed by atoms with E-state index in [9.17, 15) is 0 Å². The highest BCUT2D eigenvalue weighted by molar-refractivity contribution is 5.31. The zero-order valence-electron chi connectivity index (χ0n) is 11.3. The number of anilines is 1. The smallest absolute Gasteiger partial charge is 0.205 e. The van der Waals surface area contributed by atoms with Gasteiger partial charge in [0.1, 0.15) is 0 Å². The zero-order chi connectivity index (χ0) is 12.4. The molecular weight excluding hydrogens is 224 g/mol. The molecule has 0 amide bonds. The van der Waals surface area contributed by atoms with Crippen molar-refractivity contribution in [2.24, 2.45) is 5.92 Å². The van der Waals surface area contributed by atoms with Gasteiger partial charge in [-0.1, -0.05) is 0 Å². The second kappa shape index (κ2) is 5.31. The molecule has 3 heterocycles. The van der Waals surface area contributed by atoms with E-state index in [1.54, 1.807) is 0 Å². The van der Waals surface area contributed by atoms with Crippen LogP contribution in [-0.2, 0) is 6.54 Å². The van der Waals surface area contributed by atoms with E-state index in [-0.39, 0.29) is 0 Å². The van der Waals surface area contributed by atoms with Crippen molar-refractivity contribution in [3.8, 4) is 0 Å². The fourth-order valence-electron chi connectivity index (χ4n) is 3.45. The van der Waals surface area contributed by atoms with E-state index < -0.39 is 0 Å². The molecule has 0 aromatic carbocycles. The molecule has 2 aliphatic heterocycles. The molecule has 1 atom stereocenters. The molecule has 0 aliphatic carbocycles. The molecule has 0 bridgehead atoms. The Balaban J connectivity index is 1.59. The van der Waals surface area contributed by atoms with Gasteiger partial charge in [0.2, 0.25) is 5.95 Å². The molecule has 3 rings (SSSR count). The molecule has 2 aliphatic rings. The number of piperidine rings is 1. The Morgan fingerprint density at radius 2 is 2.17 bits per heavy atom. The van der Waals surface area contributed by atoms with Gasteiger partial charge in [0.25, 0.3) is 0 Å². The van der Waals surface area contributed by atoms with Crippen molar-refractivity contribution < 1.29 is 0 Å². The quantitative estimate of drug-likeness (QED) is 0.886. The third-order valence-electron chi connectivity index (χ3n) is 4.52. The molecule has 1 aromatic rings. The maximum absolute atomic E-state index is 4.51. The van der Waals surface area contributed by atoms with Gasteiger partial charge < -0.3 is 14.8 Å². The van der Waals surface area contributed by atoms with Crippen molar-refractivity contribution in [2.45, 2.75) is 45.2 Å². The summed E-state index contributed by atoms with van der Waals surface area (Å²) in [7, 11) is 0. The molecule has 4 heteroatoms. The van der Waals surface area contributed by atoms with Crippen LogP contribution in [0.2, 0.25) is 0 Å². The van der Waals surface area contributed by atoms with Gasteiger partial charge in [0.05, 0.1) is 0 Å². The molecule has 2 saturated heterocycles. The van der Waals surface area contributed by atoms with Crippen LogP contribution in [0.4, 0.5) is 5.95 Å². The van der Waals surface area contributed by atoms with Crippen molar-refractivity contribution in [3.05, 3.63) is 12.4 Å². The summed E-state index contributed by atoms with van der Waals surface area (Å²) in [5.74, 6) is 2.05. The zero-order valence-corrected chi connectivity index (χ0v) is 11.3. The number of imidazole rings is 1. The highest BCUT2D eigenvalue weighted by Crippen LogP contribution is 2.27. The van der Waals surface area contributed by atoms with Crippen LogP contribution in [0.5, 0.6) is 0 Å². The van der Waals surface area contributed by atoms with Crippen molar-refractivity contribution in [1.82, 2.24) is 14.9 Å². The number of hydrogen-bond donors (Lipinski definition) is 1. The fraction of sp³-hybridized carbons (Fsp3) is 0.786. The molecule has 100 valence electrons. The van der Waals surface area contributed by atoms with Gasteiger partial charge in [-0.3, -0.25) is 0 Å². The maximum Gasteiger partial charge on any atom is 0.205 e. The van der Waals surface area contributed by atoms with Gasteiger partial charge in [0.15, 0.2) is 0 Å². The maximum atomic E-state index is 4.51. The van der Waals surface area contributed by atoms with Gasteiger partial charge in [-0.2, -0.15) is 0 Å². The first-order valence-corrected chi connectivity index (χ1v) is 7.38. The summed E-state index contributed by atoms with van der Waals surface area (Å²) in [5.41, 5.74) is 0. The Hall–Kier alpha value is -1.03. The molecule has 2 fully saturated rings. The summed E-state index contributed by atoms with van der Waals surface area (Å²) >= 11 is 0. The predicted octanol–water partition coefficient (Wildman–Crippen LogP) is 1.87. The van der Waals surface area contributed by atoms with Crippen LogP contribution in [0.3, 0.4) is 0 Å². The van der Waals surface area contributed by atoms with Crippen LogP contribution < -0.4 is 10.2 Å². The van der Waals surface area contributed by atoms with Crippen LogP contribution in [0.1, 0.15) is 32.6 Å². The first-order chi connectivity index (χ1) is 8.88. The highest BCUT2D eigenvalue weighted by Gasteiger charge is 2.29. The molecule has 18 heavy (non-hydrogen) atoms. The first kappa shape index (κ1) is 12.0. The van der Waals surface area contributed by atoms with E-state index in [2.05, 4.69) is 32.9 Å². The number of nitrogens with zero attached hydrogens (tertiary/aromatic N) is 3. The van der Waals surface area contributed by atoms with Gasteiger partial charge in [-0.25, -0.2) is 4.98 Å². The van der Waals surface area contributed by atoms with Crippen molar-refractivity contribution in [3.63, 3.8) is 0 Å². The topological polar surface area (TPSA) is 33.1 Å². The molecule has 0 spiro atoms. The SMILES string of the molecule is CCn1ccnc1N1CCC(C2CCCN2)CC1. The minimum atomic E-state index is 0.790. The van der Waals surface area contributed by atoms with Crippen molar-refractivity contribution in [2.75, 3.05) is 24.5 Å². The van der Waals surface area contributed by atoms with Crippen LogP contribution in [0, 0.1) is 5.92 Å². The van der Waals surface area contributed by atoms with E-state index in [1.165, 1.54) is 45.3 Å². The van der Waals surface area contributed by atoms with Crippen LogP contribution in [0.25, 0.3) is 0 Å². The normalized spacial score (nSPS) is 25.8. The molecular formula is C14H24N4. The second-order valence-corrected chi connectivity index (χ2v) is 5.54. The van der Waals surface area contributed by atoms with Crippen LogP contribution in [-0.4, -0.2) is 35.2 Å². The minimum absolute atomic E-state index is 0.790. The van der Waals surface area contributed by atoms with Crippen LogP contribution in [0.15, 0.2) is 12.4 Å². The molecule has 0 radical (unpaired) electrons. The first-order valence-electron chi connectivity index (χ1n) is 7.38. The molecule has 4 nitrogen and oxygen atoms in total. The third-order valence-corrected chi connectivity index (χ3v) is 4.52. The lowest BCUT2D eigenvalue weighted by Crippen LogP contribution is -2.41. The largest absolute Gasteiger partial charge is 0.342 e. The summed E-state index contributed by atoms with van der Waals surface area (Å²) in [5, 5.41) is 3.66. The Kier molecular flexibility index (Phi) is 3.55. The number of nitrogens with one attached hydrogen (secondary N) is 1. The van der Waals surface area contributed by atoms with Gasteiger partial charge in [-0.15, -0.1) is 0 Å². The van der Waals surface area contributed by atoms with Gasteiger partial charge in [-0.05, 0) is 45.1 Å². The van der Waals surface area contributed by atoms with Crippen molar-refractivity contribution >= 4 is 5.95 Å². The lowest BCUT2D eigenvalue weighted by atomic mass is 9.89. The number of hydrogen-bond acceptors (Lipinski definition) is 3. The summed E-state index contributed by atoms with van der Waals surface area (Å²) in [6, 6.07) is 0.790. The summed E-state index contributed by atoms with van der Waals surface area (Å²) in [4.78, 5) is 6.96. The minimum Gasteiger partial charge on any atom is -0.342 e. The third kappa shape index (κ3) is 2.26.